The second kappa shape index (κ2) is 7.49. The molecule has 0 bridgehead atoms. The lowest BCUT2D eigenvalue weighted by molar-refractivity contribution is 0.336. The standard InChI is InChI=1S/C12H26N4/c1-3-16(4-2)12(13)14-8-7-11-15-9-5-6-10-15/h3-11H2,1-2H3,(H2,13,14). The molecule has 94 valence electrons. The Morgan fingerprint density at radius 1 is 1.25 bits per heavy atom. The number of nitrogens with zero attached hydrogens (tertiary/aromatic N) is 3. The molecule has 1 aliphatic heterocycles. The molecule has 0 saturated carbocycles. The molecule has 1 aliphatic rings. The first-order valence-electron chi connectivity index (χ1n) is 6.55. The largest absolute Gasteiger partial charge is 0.370 e. The quantitative estimate of drug-likeness (QED) is 0.419. The Morgan fingerprint density at radius 3 is 2.44 bits per heavy atom. The van der Waals surface area contributed by atoms with Gasteiger partial charge in [-0.05, 0) is 52.7 Å². The molecule has 4 heteroatoms. The summed E-state index contributed by atoms with van der Waals surface area (Å²) < 4.78 is 0. The Balaban J connectivity index is 2.14. The van der Waals surface area contributed by atoms with E-state index in [1.807, 2.05) is 0 Å². The van der Waals surface area contributed by atoms with Crippen LogP contribution in [0.15, 0.2) is 4.99 Å². The third-order valence-electron chi connectivity index (χ3n) is 3.19. The summed E-state index contributed by atoms with van der Waals surface area (Å²) in [5.74, 6) is 0.700. The Kier molecular flexibility index (Phi) is 6.23. The van der Waals surface area contributed by atoms with Gasteiger partial charge in [0.05, 0.1) is 0 Å². The summed E-state index contributed by atoms with van der Waals surface area (Å²) >= 11 is 0. The molecule has 0 radical (unpaired) electrons. The number of hydrogen-bond acceptors (Lipinski definition) is 2. The van der Waals surface area contributed by atoms with Crippen molar-refractivity contribution >= 4 is 5.96 Å². The van der Waals surface area contributed by atoms with Gasteiger partial charge in [0.2, 0.25) is 0 Å². The van der Waals surface area contributed by atoms with Gasteiger partial charge in [0.1, 0.15) is 0 Å². The van der Waals surface area contributed by atoms with E-state index in [1.54, 1.807) is 0 Å². The maximum atomic E-state index is 5.90. The molecule has 0 aliphatic carbocycles. The molecule has 0 aromatic carbocycles. The summed E-state index contributed by atoms with van der Waals surface area (Å²) in [5.41, 5.74) is 5.90. The van der Waals surface area contributed by atoms with Gasteiger partial charge in [-0.25, -0.2) is 0 Å². The molecule has 1 saturated heterocycles. The molecule has 1 fully saturated rings. The van der Waals surface area contributed by atoms with E-state index in [1.165, 1.54) is 32.5 Å². The van der Waals surface area contributed by atoms with Crippen LogP contribution in [-0.4, -0.2) is 55.0 Å². The molecule has 0 aromatic rings. The minimum absolute atomic E-state index is 0.700. The highest BCUT2D eigenvalue weighted by Crippen LogP contribution is 2.07. The van der Waals surface area contributed by atoms with Crippen molar-refractivity contribution < 1.29 is 0 Å². The van der Waals surface area contributed by atoms with Crippen molar-refractivity contribution in [2.24, 2.45) is 10.7 Å². The molecule has 1 rings (SSSR count). The zero-order valence-corrected chi connectivity index (χ0v) is 10.8. The highest BCUT2D eigenvalue weighted by Gasteiger charge is 2.10. The molecule has 0 unspecified atom stereocenters. The molecule has 1 heterocycles. The predicted molar refractivity (Wildman–Crippen MR) is 69.7 cm³/mol. The van der Waals surface area contributed by atoms with Crippen LogP contribution in [0.4, 0.5) is 0 Å². The van der Waals surface area contributed by atoms with Crippen LogP contribution in [0.2, 0.25) is 0 Å². The Hall–Kier alpha value is -0.770. The van der Waals surface area contributed by atoms with Gasteiger partial charge in [0, 0.05) is 19.6 Å². The Bertz CT molecular complexity index is 205. The van der Waals surface area contributed by atoms with Crippen molar-refractivity contribution in [3.8, 4) is 0 Å². The Labute approximate surface area is 99.5 Å². The second-order valence-corrected chi connectivity index (χ2v) is 4.31. The normalized spacial score (nSPS) is 18.0. The zero-order valence-electron chi connectivity index (χ0n) is 10.8. The maximum absolute atomic E-state index is 5.90. The van der Waals surface area contributed by atoms with Gasteiger partial charge < -0.3 is 15.5 Å². The fourth-order valence-corrected chi connectivity index (χ4v) is 2.14. The van der Waals surface area contributed by atoms with Crippen LogP contribution in [-0.2, 0) is 0 Å². The van der Waals surface area contributed by atoms with E-state index in [0.29, 0.717) is 5.96 Å². The van der Waals surface area contributed by atoms with E-state index in [9.17, 15) is 0 Å². The minimum Gasteiger partial charge on any atom is -0.370 e. The van der Waals surface area contributed by atoms with Gasteiger partial charge in [-0.2, -0.15) is 0 Å². The summed E-state index contributed by atoms with van der Waals surface area (Å²) in [6.45, 7) is 10.7. The third kappa shape index (κ3) is 4.39. The first-order valence-corrected chi connectivity index (χ1v) is 6.55. The Morgan fingerprint density at radius 2 is 1.88 bits per heavy atom. The monoisotopic (exact) mass is 226 g/mol. The smallest absolute Gasteiger partial charge is 0.191 e. The molecular weight excluding hydrogens is 200 g/mol. The van der Waals surface area contributed by atoms with Crippen LogP contribution in [0.5, 0.6) is 0 Å². The third-order valence-corrected chi connectivity index (χ3v) is 3.19. The first kappa shape index (κ1) is 13.3. The number of aliphatic imine (C=N–C) groups is 1. The van der Waals surface area contributed by atoms with Crippen LogP contribution in [0.3, 0.4) is 0 Å². The van der Waals surface area contributed by atoms with Crippen LogP contribution in [0.1, 0.15) is 33.1 Å². The number of guanidine groups is 1. The van der Waals surface area contributed by atoms with Gasteiger partial charge in [0.25, 0.3) is 0 Å². The lowest BCUT2D eigenvalue weighted by atomic mass is 10.4. The summed E-state index contributed by atoms with van der Waals surface area (Å²) in [6.07, 6.45) is 3.86. The molecule has 0 aromatic heterocycles. The van der Waals surface area contributed by atoms with E-state index >= 15 is 0 Å². The SMILES string of the molecule is CCN(CC)C(N)=NCCCN1CCCC1. The van der Waals surface area contributed by atoms with Crippen molar-refractivity contribution in [3.05, 3.63) is 0 Å². The lowest BCUT2D eigenvalue weighted by Crippen LogP contribution is -2.37. The van der Waals surface area contributed by atoms with E-state index in [2.05, 4.69) is 28.6 Å². The highest BCUT2D eigenvalue weighted by molar-refractivity contribution is 5.77. The topological polar surface area (TPSA) is 44.9 Å². The van der Waals surface area contributed by atoms with Crippen LogP contribution in [0, 0.1) is 0 Å². The van der Waals surface area contributed by atoms with E-state index in [4.69, 9.17) is 5.73 Å². The van der Waals surface area contributed by atoms with E-state index < -0.39 is 0 Å². The van der Waals surface area contributed by atoms with Crippen molar-refractivity contribution in [3.63, 3.8) is 0 Å². The van der Waals surface area contributed by atoms with E-state index in [0.717, 1.165) is 26.1 Å². The first-order chi connectivity index (χ1) is 7.77. The molecule has 16 heavy (non-hydrogen) atoms. The molecule has 0 atom stereocenters. The maximum Gasteiger partial charge on any atom is 0.191 e. The molecule has 4 nitrogen and oxygen atoms in total. The number of nitrogens with two attached hydrogens (primary N) is 1. The zero-order chi connectivity index (χ0) is 11.8. The summed E-state index contributed by atoms with van der Waals surface area (Å²) in [6, 6.07) is 0. The number of likely N-dealkylation sites (tertiary alicyclic amines) is 1. The van der Waals surface area contributed by atoms with E-state index in [-0.39, 0.29) is 0 Å². The average molecular weight is 226 g/mol. The van der Waals surface area contributed by atoms with Crippen molar-refractivity contribution in [1.29, 1.82) is 0 Å². The summed E-state index contributed by atoms with van der Waals surface area (Å²) in [4.78, 5) is 9.03. The average Bonchev–Trinajstić information content (AvgIpc) is 2.79. The number of hydrogen-bond donors (Lipinski definition) is 1. The van der Waals surface area contributed by atoms with Gasteiger partial charge in [-0.15, -0.1) is 0 Å². The van der Waals surface area contributed by atoms with Gasteiger partial charge in [-0.3, -0.25) is 4.99 Å². The second-order valence-electron chi connectivity index (χ2n) is 4.31. The molecule has 0 amide bonds. The number of rotatable bonds is 6. The molecular formula is C12H26N4. The van der Waals surface area contributed by atoms with Crippen molar-refractivity contribution in [1.82, 2.24) is 9.80 Å². The molecule has 2 N–H and O–H groups in total. The fourth-order valence-electron chi connectivity index (χ4n) is 2.14. The van der Waals surface area contributed by atoms with Gasteiger partial charge in [-0.1, -0.05) is 0 Å². The van der Waals surface area contributed by atoms with Crippen molar-refractivity contribution in [2.45, 2.75) is 33.1 Å². The summed E-state index contributed by atoms with van der Waals surface area (Å²) in [5, 5.41) is 0. The van der Waals surface area contributed by atoms with Gasteiger partial charge in [0.15, 0.2) is 5.96 Å². The summed E-state index contributed by atoms with van der Waals surface area (Å²) in [7, 11) is 0. The highest BCUT2D eigenvalue weighted by atomic mass is 15.2. The predicted octanol–water partition coefficient (Wildman–Crippen LogP) is 1.13. The fraction of sp³-hybridized carbons (Fsp3) is 0.917. The molecule has 0 spiro atoms. The van der Waals surface area contributed by atoms with Gasteiger partial charge >= 0.3 is 0 Å². The van der Waals surface area contributed by atoms with Crippen LogP contribution < -0.4 is 5.73 Å². The minimum atomic E-state index is 0.700. The van der Waals surface area contributed by atoms with Crippen molar-refractivity contribution in [2.75, 3.05) is 39.3 Å². The van der Waals surface area contributed by atoms with Crippen LogP contribution in [0.25, 0.3) is 0 Å². The van der Waals surface area contributed by atoms with Crippen LogP contribution >= 0.6 is 0 Å². The lowest BCUT2D eigenvalue weighted by Gasteiger charge is -2.19.